The molecule has 19 heavy (non-hydrogen) atoms. The number of ether oxygens (including phenoxy) is 1. The van der Waals surface area contributed by atoms with E-state index in [4.69, 9.17) is 4.74 Å². The van der Waals surface area contributed by atoms with Gasteiger partial charge in [-0.3, -0.25) is 4.90 Å². The maximum absolute atomic E-state index is 5.41. The number of methoxy groups -OCH3 is 1. The van der Waals surface area contributed by atoms with Gasteiger partial charge in [-0.05, 0) is 25.2 Å². The lowest BCUT2D eigenvalue weighted by Crippen LogP contribution is -2.68. The van der Waals surface area contributed by atoms with Crippen LogP contribution in [0.1, 0.15) is 53.4 Å². The van der Waals surface area contributed by atoms with Gasteiger partial charge in [0.25, 0.3) is 0 Å². The van der Waals surface area contributed by atoms with Gasteiger partial charge in [0, 0.05) is 37.8 Å². The smallest absolute Gasteiger partial charge is 0.0615 e. The first-order valence-corrected chi connectivity index (χ1v) is 7.88. The summed E-state index contributed by atoms with van der Waals surface area (Å²) >= 11 is 0. The van der Waals surface area contributed by atoms with Crippen molar-refractivity contribution in [2.75, 3.05) is 26.8 Å². The molecule has 3 heteroatoms. The standard InChI is InChI=1S/C16H32N2O/c1-13(11-19-5)18-12-16(8-6-7-9-16)17-10-14(18)15(2,3)4/h13-14,17H,6-12H2,1-5H3. The molecule has 1 saturated heterocycles. The van der Waals surface area contributed by atoms with E-state index < -0.39 is 0 Å². The third-order valence-electron chi connectivity index (χ3n) is 5.09. The fourth-order valence-electron chi connectivity index (χ4n) is 3.94. The van der Waals surface area contributed by atoms with E-state index in [-0.39, 0.29) is 0 Å². The minimum Gasteiger partial charge on any atom is -0.383 e. The molecule has 0 aromatic carbocycles. The van der Waals surface area contributed by atoms with Crippen molar-refractivity contribution in [3.63, 3.8) is 0 Å². The Hall–Kier alpha value is -0.120. The van der Waals surface area contributed by atoms with Crippen LogP contribution in [0, 0.1) is 5.41 Å². The van der Waals surface area contributed by atoms with Crippen LogP contribution in [0.4, 0.5) is 0 Å². The summed E-state index contributed by atoms with van der Waals surface area (Å²) in [6.45, 7) is 12.5. The Morgan fingerprint density at radius 1 is 1.32 bits per heavy atom. The normalized spacial score (nSPS) is 29.8. The van der Waals surface area contributed by atoms with Gasteiger partial charge < -0.3 is 10.1 Å². The summed E-state index contributed by atoms with van der Waals surface area (Å²) in [6, 6.07) is 1.11. The van der Waals surface area contributed by atoms with Crippen molar-refractivity contribution < 1.29 is 4.74 Å². The van der Waals surface area contributed by atoms with Gasteiger partial charge in [-0.2, -0.15) is 0 Å². The first-order chi connectivity index (χ1) is 8.88. The number of piperazine rings is 1. The lowest BCUT2D eigenvalue weighted by molar-refractivity contribution is -0.0233. The maximum atomic E-state index is 5.41. The number of nitrogens with one attached hydrogen (secondary N) is 1. The van der Waals surface area contributed by atoms with Gasteiger partial charge in [-0.25, -0.2) is 0 Å². The monoisotopic (exact) mass is 268 g/mol. The molecule has 1 aliphatic heterocycles. The zero-order valence-corrected chi connectivity index (χ0v) is 13.5. The van der Waals surface area contributed by atoms with E-state index >= 15 is 0 Å². The molecule has 1 aliphatic carbocycles. The van der Waals surface area contributed by atoms with Crippen molar-refractivity contribution in [1.82, 2.24) is 10.2 Å². The van der Waals surface area contributed by atoms with Crippen LogP contribution < -0.4 is 5.32 Å². The number of rotatable bonds is 3. The molecule has 112 valence electrons. The molecule has 2 aliphatic rings. The van der Waals surface area contributed by atoms with Crippen molar-refractivity contribution >= 4 is 0 Å². The highest BCUT2D eigenvalue weighted by Crippen LogP contribution is 2.37. The summed E-state index contributed by atoms with van der Waals surface area (Å²) in [5.41, 5.74) is 0.707. The van der Waals surface area contributed by atoms with Crippen LogP contribution in [0.15, 0.2) is 0 Å². The van der Waals surface area contributed by atoms with E-state index in [2.05, 4.69) is 37.9 Å². The second-order valence-corrected chi connectivity index (χ2v) is 7.73. The summed E-state index contributed by atoms with van der Waals surface area (Å²) in [5.74, 6) is 0. The Kier molecular flexibility index (Phi) is 4.59. The first-order valence-electron chi connectivity index (χ1n) is 7.88. The molecule has 1 N–H and O–H groups in total. The van der Waals surface area contributed by atoms with Gasteiger partial charge in [-0.1, -0.05) is 33.6 Å². The first kappa shape index (κ1) is 15.3. The summed E-state index contributed by atoms with van der Waals surface area (Å²) in [7, 11) is 1.82. The Bertz CT molecular complexity index is 292. The van der Waals surface area contributed by atoms with Crippen LogP contribution in [-0.2, 0) is 4.74 Å². The van der Waals surface area contributed by atoms with Gasteiger partial charge in [0.1, 0.15) is 0 Å². The average Bonchev–Trinajstić information content (AvgIpc) is 2.76. The van der Waals surface area contributed by atoms with Crippen LogP contribution in [0.5, 0.6) is 0 Å². The Balaban J connectivity index is 2.13. The molecule has 0 aromatic rings. The van der Waals surface area contributed by atoms with E-state index in [0.29, 0.717) is 23.0 Å². The van der Waals surface area contributed by atoms with E-state index in [9.17, 15) is 0 Å². The molecule has 3 nitrogen and oxygen atoms in total. The van der Waals surface area contributed by atoms with Gasteiger partial charge in [0.15, 0.2) is 0 Å². The third kappa shape index (κ3) is 3.32. The highest BCUT2D eigenvalue weighted by atomic mass is 16.5. The zero-order chi connectivity index (χ0) is 14.1. The largest absolute Gasteiger partial charge is 0.383 e. The van der Waals surface area contributed by atoms with Crippen molar-refractivity contribution in [2.24, 2.45) is 5.41 Å². The summed E-state index contributed by atoms with van der Waals surface area (Å²) in [6.07, 6.45) is 5.47. The molecule has 1 saturated carbocycles. The van der Waals surface area contributed by atoms with Crippen LogP contribution in [0.25, 0.3) is 0 Å². The van der Waals surface area contributed by atoms with E-state index in [1.54, 1.807) is 0 Å². The highest BCUT2D eigenvalue weighted by molar-refractivity contribution is 5.04. The van der Waals surface area contributed by atoms with Crippen LogP contribution in [0.3, 0.4) is 0 Å². The molecule has 0 amide bonds. The average molecular weight is 268 g/mol. The molecule has 2 atom stereocenters. The molecule has 0 aromatic heterocycles. The van der Waals surface area contributed by atoms with Gasteiger partial charge >= 0.3 is 0 Å². The van der Waals surface area contributed by atoms with Crippen LogP contribution in [-0.4, -0.2) is 49.3 Å². The Morgan fingerprint density at radius 3 is 2.47 bits per heavy atom. The summed E-state index contributed by atoms with van der Waals surface area (Å²) < 4.78 is 5.41. The van der Waals surface area contributed by atoms with E-state index in [0.717, 1.165) is 13.2 Å². The molecular weight excluding hydrogens is 236 g/mol. The lowest BCUT2D eigenvalue weighted by Gasteiger charge is -2.52. The number of hydrogen-bond donors (Lipinski definition) is 1. The van der Waals surface area contributed by atoms with Crippen molar-refractivity contribution in [3.8, 4) is 0 Å². The summed E-state index contributed by atoms with van der Waals surface area (Å²) in [4.78, 5) is 2.71. The second-order valence-electron chi connectivity index (χ2n) is 7.73. The van der Waals surface area contributed by atoms with Crippen molar-refractivity contribution in [3.05, 3.63) is 0 Å². The van der Waals surface area contributed by atoms with Crippen LogP contribution in [0.2, 0.25) is 0 Å². The molecular formula is C16H32N2O. The predicted octanol–water partition coefficient (Wildman–Crippen LogP) is 2.65. The van der Waals surface area contributed by atoms with Crippen molar-refractivity contribution in [1.29, 1.82) is 0 Å². The minimum atomic E-state index is 0.315. The Labute approximate surface area is 119 Å². The molecule has 1 spiro atoms. The lowest BCUT2D eigenvalue weighted by atomic mass is 9.80. The minimum absolute atomic E-state index is 0.315. The molecule has 2 unspecified atom stereocenters. The van der Waals surface area contributed by atoms with Gasteiger partial charge in [0.05, 0.1) is 6.61 Å². The maximum Gasteiger partial charge on any atom is 0.0615 e. The number of hydrogen-bond acceptors (Lipinski definition) is 3. The zero-order valence-electron chi connectivity index (χ0n) is 13.5. The Morgan fingerprint density at radius 2 is 1.95 bits per heavy atom. The number of nitrogens with zero attached hydrogens (tertiary/aromatic N) is 1. The molecule has 2 rings (SSSR count). The molecule has 2 fully saturated rings. The van der Waals surface area contributed by atoms with Gasteiger partial charge in [0.2, 0.25) is 0 Å². The van der Waals surface area contributed by atoms with E-state index in [1.807, 2.05) is 7.11 Å². The van der Waals surface area contributed by atoms with Crippen molar-refractivity contribution in [2.45, 2.75) is 71.0 Å². The van der Waals surface area contributed by atoms with Gasteiger partial charge in [-0.15, -0.1) is 0 Å². The molecule has 0 radical (unpaired) electrons. The SMILES string of the molecule is COCC(C)N1CC2(CCCC2)NCC1C(C)(C)C. The topological polar surface area (TPSA) is 24.5 Å². The molecule has 1 heterocycles. The van der Waals surface area contributed by atoms with E-state index in [1.165, 1.54) is 32.2 Å². The van der Waals surface area contributed by atoms with Crippen LogP contribution >= 0.6 is 0 Å². The quantitative estimate of drug-likeness (QED) is 0.851. The third-order valence-corrected chi connectivity index (χ3v) is 5.09. The summed E-state index contributed by atoms with van der Waals surface area (Å²) in [5, 5.41) is 3.90. The second kappa shape index (κ2) is 5.71. The predicted molar refractivity (Wildman–Crippen MR) is 80.5 cm³/mol. The highest BCUT2D eigenvalue weighted by Gasteiger charge is 2.45. The fraction of sp³-hybridized carbons (Fsp3) is 1.00. The molecule has 0 bridgehead atoms. The fourth-order valence-corrected chi connectivity index (χ4v) is 3.94.